The molecule has 0 radical (unpaired) electrons. The molecule has 1 heterocycles. The molecule has 29 heavy (non-hydrogen) atoms. The maximum Gasteiger partial charge on any atom is 0.323 e. The molecule has 1 aliphatic carbocycles. The van der Waals surface area contributed by atoms with Gasteiger partial charge in [-0.05, 0) is 31.1 Å². The van der Waals surface area contributed by atoms with E-state index in [1.54, 1.807) is 13.8 Å². The first kappa shape index (κ1) is 24.1. The summed E-state index contributed by atoms with van der Waals surface area (Å²) in [6, 6.07) is 0. The number of esters is 2. The Hall–Kier alpha value is -1.14. The third-order valence-electron chi connectivity index (χ3n) is 6.33. The Kier molecular flexibility index (Phi) is 6.81. The van der Waals surface area contributed by atoms with Crippen molar-refractivity contribution in [2.24, 2.45) is 22.2 Å². The van der Waals surface area contributed by atoms with Gasteiger partial charge in [0, 0.05) is 18.8 Å². The van der Waals surface area contributed by atoms with Crippen molar-refractivity contribution >= 4 is 11.9 Å². The van der Waals surface area contributed by atoms with E-state index in [1.165, 1.54) is 0 Å². The molecule has 0 aromatic carbocycles. The molecule has 0 amide bonds. The molecule has 2 rings (SSSR count). The fourth-order valence-electron chi connectivity index (χ4n) is 4.45. The van der Waals surface area contributed by atoms with Gasteiger partial charge in [-0.1, -0.05) is 48.5 Å². The molecule has 1 saturated heterocycles. The topological polar surface area (TPSA) is 71.1 Å². The summed E-state index contributed by atoms with van der Waals surface area (Å²) >= 11 is 0. The second-order valence-corrected chi connectivity index (χ2v) is 10.8. The van der Waals surface area contributed by atoms with E-state index >= 15 is 0 Å². The highest BCUT2D eigenvalue weighted by molar-refractivity contribution is 6.00. The Morgan fingerprint density at radius 3 is 1.66 bits per heavy atom. The first-order chi connectivity index (χ1) is 13.2. The van der Waals surface area contributed by atoms with Gasteiger partial charge in [0.2, 0.25) is 0 Å². The van der Waals surface area contributed by atoms with Gasteiger partial charge in [-0.3, -0.25) is 9.59 Å². The Labute approximate surface area is 176 Å². The van der Waals surface area contributed by atoms with Gasteiger partial charge in [0.25, 0.3) is 0 Å². The Balaban J connectivity index is 2.49. The Morgan fingerprint density at radius 2 is 1.31 bits per heavy atom. The zero-order chi connectivity index (χ0) is 22.3. The smallest absolute Gasteiger partial charge is 0.323 e. The molecule has 6 heteroatoms. The van der Waals surface area contributed by atoms with Crippen LogP contribution in [0, 0.1) is 22.2 Å². The number of carbonyl (C=O) groups excluding carboxylic acids is 2. The lowest BCUT2D eigenvalue weighted by molar-refractivity contribution is -0.357. The van der Waals surface area contributed by atoms with E-state index in [-0.39, 0.29) is 48.6 Å². The summed E-state index contributed by atoms with van der Waals surface area (Å²) in [5.74, 6) is -2.27. The normalized spacial score (nSPS) is 32.2. The molecule has 4 atom stereocenters. The van der Waals surface area contributed by atoms with Crippen LogP contribution < -0.4 is 0 Å². The summed E-state index contributed by atoms with van der Waals surface area (Å²) in [4.78, 5) is 26.0. The minimum atomic E-state index is -1.40. The SMILES string of the molecule is CCOC(=O)C1(C(=O)OCC)C[C@H](C)C2(C1)O[C@H](C(C)(C)C)C[C@H](C(C)(C)C)O2. The largest absolute Gasteiger partial charge is 0.465 e. The van der Waals surface area contributed by atoms with E-state index in [0.29, 0.717) is 6.42 Å². The van der Waals surface area contributed by atoms with Gasteiger partial charge in [0.05, 0.1) is 25.4 Å². The summed E-state index contributed by atoms with van der Waals surface area (Å²) in [5, 5.41) is 0. The molecule has 0 aromatic heterocycles. The van der Waals surface area contributed by atoms with Gasteiger partial charge in [0.1, 0.15) is 0 Å². The van der Waals surface area contributed by atoms with Crippen LogP contribution >= 0.6 is 0 Å². The van der Waals surface area contributed by atoms with Crippen LogP contribution in [0.15, 0.2) is 0 Å². The van der Waals surface area contributed by atoms with Crippen molar-refractivity contribution in [1.29, 1.82) is 0 Å². The van der Waals surface area contributed by atoms with E-state index in [1.807, 2.05) is 6.92 Å². The molecule has 0 aromatic rings. The van der Waals surface area contributed by atoms with Gasteiger partial charge in [-0.25, -0.2) is 0 Å². The molecular formula is C23H40O6. The van der Waals surface area contributed by atoms with Crippen molar-refractivity contribution in [1.82, 2.24) is 0 Å². The summed E-state index contributed by atoms with van der Waals surface area (Å²) < 4.78 is 23.9. The van der Waals surface area contributed by atoms with Crippen LogP contribution in [0.2, 0.25) is 0 Å². The Bertz CT molecular complexity index is 572. The lowest BCUT2D eigenvalue weighted by atomic mass is 9.77. The molecule has 6 nitrogen and oxygen atoms in total. The molecule has 1 unspecified atom stereocenters. The lowest BCUT2D eigenvalue weighted by Gasteiger charge is -2.52. The van der Waals surface area contributed by atoms with Crippen molar-refractivity contribution in [2.75, 3.05) is 13.2 Å². The van der Waals surface area contributed by atoms with Crippen LogP contribution in [-0.2, 0) is 28.5 Å². The van der Waals surface area contributed by atoms with Gasteiger partial charge in [-0.15, -0.1) is 0 Å². The van der Waals surface area contributed by atoms with Crippen LogP contribution in [0.3, 0.4) is 0 Å². The highest BCUT2D eigenvalue weighted by Crippen LogP contribution is 2.56. The number of rotatable bonds is 4. The predicted octanol–water partition coefficient (Wildman–Crippen LogP) is 4.49. The fraction of sp³-hybridized carbons (Fsp3) is 0.913. The maximum absolute atomic E-state index is 13.0. The van der Waals surface area contributed by atoms with Crippen molar-refractivity contribution in [3.63, 3.8) is 0 Å². The predicted molar refractivity (Wildman–Crippen MR) is 110 cm³/mol. The molecule has 0 bridgehead atoms. The summed E-state index contributed by atoms with van der Waals surface area (Å²) in [7, 11) is 0. The summed E-state index contributed by atoms with van der Waals surface area (Å²) in [6.45, 7) is 18.8. The first-order valence-corrected chi connectivity index (χ1v) is 10.9. The molecule has 1 aliphatic heterocycles. The van der Waals surface area contributed by atoms with E-state index in [2.05, 4.69) is 41.5 Å². The number of hydrogen-bond acceptors (Lipinski definition) is 6. The minimum Gasteiger partial charge on any atom is -0.465 e. The monoisotopic (exact) mass is 412 g/mol. The van der Waals surface area contributed by atoms with E-state index < -0.39 is 23.1 Å². The standard InChI is InChI=1S/C23H40O6/c1-10-26-18(24)22(19(25)27-11-2)13-15(3)23(14-22)28-16(20(4,5)6)12-17(29-23)21(7,8)9/h15-17H,10-14H2,1-9H3/t15-,16-,17+,23?/m0/s1. The third kappa shape index (κ3) is 4.63. The van der Waals surface area contributed by atoms with E-state index in [9.17, 15) is 9.59 Å². The molecule has 2 aliphatic rings. The lowest BCUT2D eigenvalue weighted by Crippen LogP contribution is -2.57. The second-order valence-electron chi connectivity index (χ2n) is 10.8. The molecule has 168 valence electrons. The molecule has 0 N–H and O–H groups in total. The van der Waals surface area contributed by atoms with Crippen molar-refractivity contribution in [3.8, 4) is 0 Å². The second kappa shape index (κ2) is 8.18. The van der Waals surface area contributed by atoms with Crippen LogP contribution in [0.25, 0.3) is 0 Å². The van der Waals surface area contributed by atoms with Crippen molar-refractivity contribution < 1.29 is 28.5 Å². The zero-order valence-electron chi connectivity index (χ0n) is 19.7. The minimum absolute atomic E-state index is 0.0527. The average molecular weight is 413 g/mol. The summed E-state index contributed by atoms with van der Waals surface area (Å²) in [6.07, 6.45) is 1.08. The van der Waals surface area contributed by atoms with E-state index in [0.717, 1.165) is 6.42 Å². The van der Waals surface area contributed by atoms with Gasteiger partial charge < -0.3 is 18.9 Å². The summed E-state index contributed by atoms with van der Waals surface area (Å²) in [5.41, 5.74) is -1.59. The van der Waals surface area contributed by atoms with Gasteiger partial charge in [0.15, 0.2) is 11.2 Å². The third-order valence-corrected chi connectivity index (χ3v) is 6.33. The molecular weight excluding hydrogens is 372 g/mol. The quantitative estimate of drug-likeness (QED) is 0.500. The van der Waals surface area contributed by atoms with Gasteiger partial charge in [-0.2, -0.15) is 0 Å². The van der Waals surface area contributed by atoms with Crippen LogP contribution in [-0.4, -0.2) is 43.1 Å². The number of carbonyl (C=O) groups is 2. The maximum atomic E-state index is 13.0. The highest BCUT2D eigenvalue weighted by Gasteiger charge is 2.66. The molecule has 1 spiro atoms. The molecule has 1 saturated carbocycles. The van der Waals surface area contributed by atoms with Crippen molar-refractivity contribution in [3.05, 3.63) is 0 Å². The van der Waals surface area contributed by atoms with Crippen LogP contribution in [0.5, 0.6) is 0 Å². The molecule has 2 fully saturated rings. The number of hydrogen-bond donors (Lipinski definition) is 0. The first-order valence-electron chi connectivity index (χ1n) is 10.9. The van der Waals surface area contributed by atoms with Crippen LogP contribution in [0.4, 0.5) is 0 Å². The highest BCUT2D eigenvalue weighted by atomic mass is 16.7. The fourth-order valence-corrected chi connectivity index (χ4v) is 4.45. The zero-order valence-corrected chi connectivity index (χ0v) is 19.7. The van der Waals surface area contributed by atoms with E-state index in [4.69, 9.17) is 18.9 Å². The Morgan fingerprint density at radius 1 is 0.897 bits per heavy atom. The van der Waals surface area contributed by atoms with Crippen molar-refractivity contribution in [2.45, 2.75) is 99.6 Å². The van der Waals surface area contributed by atoms with Crippen LogP contribution in [0.1, 0.15) is 81.6 Å². The van der Waals surface area contributed by atoms with Gasteiger partial charge >= 0.3 is 11.9 Å². The average Bonchev–Trinajstić information content (AvgIpc) is 2.87. The number of ether oxygens (including phenoxy) is 4.